The molecule has 40 heavy (non-hydrogen) atoms. The van der Waals surface area contributed by atoms with Gasteiger partial charge in [-0.2, -0.15) is 0 Å². The second-order valence-corrected chi connectivity index (χ2v) is 11.8. The fourth-order valence-corrected chi connectivity index (χ4v) is 5.81. The van der Waals surface area contributed by atoms with E-state index >= 15 is 0 Å². The van der Waals surface area contributed by atoms with Crippen LogP contribution in [0.4, 0.5) is 10.1 Å². The molecule has 11 heteroatoms. The number of sulfonamides is 1. The van der Waals surface area contributed by atoms with Crippen LogP contribution in [0, 0.1) is 5.82 Å². The Bertz CT molecular complexity index is 1400. The minimum absolute atomic E-state index is 0.0761. The predicted octanol–water partition coefficient (Wildman–Crippen LogP) is 5.13. The summed E-state index contributed by atoms with van der Waals surface area (Å²) in [6, 6.07) is 17.1. The molecule has 1 unspecified atom stereocenters. The molecule has 3 aromatic rings. The van der Waals surface area contributed by atoms with E-state index in [1.165, 1.54) is 17.0 Å². The van der Waals surface area contributed by atoms with Gasteiger partial charge in [-0.05, 0) is 86.5 Å². The van der Waals surface area contributed by atoms with Gasteiger partial charge < -0.3 is 15.0 Å². The summed E-state index contributed by atoms with van der Waals surface area (Å²) >= 11 is 3.43. The second kappa shape index (κ2) is 14.3. The Kier molecular flexibility index (Phi) is 11.1. The molecule has 214 valence electrons. The Morgan fingerprint density at radius 2 is 1.70 bits per heavy atom. The van der Waals surface area contributed by atoms with Crippen molar-refractivity contribution in [2.75, 3.05) is 24.0 Å². The Morgan fingerprint density at radius 1 is 1.02 bits per heavy atom. The van der Waals surface area contributed by atoms with E-state index in [4.69, 9.17) is 4.74 Å². The summed E-state index contributed by atoms with van der Waals surface area (Å²) in [5, 5.41) is 2.81. The lowest BCUT2D eigenvalue weighted by Gasteiger charge is -2.32. The average molecular weight is 635 g/mol. The molecule has 0 aliphatic heterocycles. The van der Waals surface area contributed by atoms with Crippen LogP contribution in [0.25, 0.3) is 0 Å². The lowest BCUT2D eigenvalue weighted by atomic mass is 10.1. The van der Waals surface area contributed by atoms with Gasteiger partial charge in [0.2, 0.25) is 11.8 Å². The molecular weight excluding hydrogens is 601 g/mol. The number of carbonyl (C=O) groups excluding carboxylic acids is 2. The molecule has 0 aliphatic rings. The van der Waals surface area contributed by atoms with Crippen LogP contribution in [-0.4, -0.2) is 50.9 Å². The number of nitrogens with zero attached hydrogens (tertiary/aromatic N) is 2. The smallest absolute Gasteiger partial charge is 0.264 e. The summed E-state index contributed by atoms with van der Waals surface area (Å²) in [7, 11) is -4.29. The first-order chi connectivity index (χ1) is 19.1. The molecular formula is C29H33BrFN3O5S. The van der Waals surface area contributed by atoms with Gasteiger partial charge in [0.15, 0.2) is 0 Å². The molecule has 0 saturated heterocycles. The van der Waals surface area contributed by atoms with Gasteiger partial charge in [0.1, 0.15) is 24.2 Å². The van der Waals surface area contributed by atoms with E-state index in [1.807, 2.05) is 38.1 Å². The molecule has 1 atom stereocenters. The van der Waals surface area contributed by atoms with Gasteiger partial charge in [-0.15, -0.1) is 0 Å². The summed E-state index contributed by atoms with van der Waals surface area (Å²) in [6.45, 7) is 5.72. The van der Waals surface area contributed by atoms with Crippen molar-refractivity contribution >= 4 is 43.5 Å². The average Bonchev–Trinajstić information content (AvgIpc) is 2.93. The molecule has 8 nitrogen and oxygen atoms in total. The minimum atomic E-state index is -4.29. The summed E-state index contributed by atoms with van der Waals surface area (Å²) in [4.78, 5) is 28.0. The molecule has 0 fully saturated rings. The number of rotatable bonds is 13. The van der Waals surface area contributed by atoms with Crippen LogP contribution in [0.2, 0.25) is 0 Å². The zero-order chi connectivity index (χ0) is 29.3. The first-order valence-electron chi connectivity index (χ1n) is 12.9. The molecule has 0 aromatic heterocycles. The van der Waals surface area contributed by atoms with Crippen LogP contribution in [0.1, 0.15) is 32.8 Å². The molecule has 1 N–H and O–H groups in total. The van der Waals surface area contributed by atoms with Gasteiger partial charge in [0.25, 0.3) is 10.0 Å². The maximum Gasteiger partial charge on any atom is 0.264 e. The van der Waals surface area contributed by atoms with Crippen molar-refractivity contribution in [3.8, 4) is 5.75 Å². The topological polar surface area (TPSA) is 96.0 Å². The van der Waals surface area contributed by atoms with E-state index in [9.17, 15) is 22.4 Å². The standard InChI is InChI=1S/C29H33BrFN3O5S/c1-4-17-32-29(36)21(3)33(19-22-7-6-8-23(30)18-22)28(35)20-34(25-11-13-26(14-12-25)39-5-2)40(37,38)27-15-9-24(31)10-16-27/h6-16,18,21H,4-5,17,19-20H2,1-3H3,(H,32,36). The monoisotopic (exact) mass is 633 g/mol. The van der Waals surface area contributed by atoms with E-state index < -0.39 is 34.3 Å². The number of amides is 2. The predicted molar refractivity (Wildman–Crippen MR) is 156 cm³/mol. The number of halogens is 2. The first-order valence-corrected chi connectivity index (χ1v) is 15.1. The molecule has 3 rings (SSSR count). The van der Waals surface area contributed by atoms with Crippen molar-refractivity contribution in [3.63, 3.8) is 0 Å². The summed E-state index contributed by atoms with van der Waals surface area (Å²) in [6.07, 6.45) is 0.722. The zero-order valence-electron chi connectivity index (χ0n) is 22.6. The fourth-order valence-electron chi connectivity index (χ4n) is 3.95. The normalized spacial score (nSPS) is 11.9. The Morgan fingerprint density at radius 3 is 2.30 bits per heavy atom. The largest absolute Gasteiger partial charge is 0.494 e. The molecule has 0 spiro atoms. The molecule has 0 saturated carbocycles. The van der Waals surface area contributed by atoms with E-state index in [2.05, 4.69) is 21.2 Å². The highest BCUT2D eigenvalue weighted by molar-refractivity contribution is 9.10. The van der Waals surface area contributed by atoms with Gasteiger partial charge in [0.05, 0.1) is 17.2 Å². The van der Waals surface area contributed by atoms with Gasteiger partial charge in [-0.3, -0.25) is 13.9 Å². The lowest BCUT2D eigenvalue weighted by molar-refractivity contribution is -0.139. The fraction of sp³-hybridized carbons (Fsp3) is 0.310. The molecule has 0 heterocycles. The highest BCUT2D eigenvalue weighted by atomic mass is 79.9. The van der Waals surface area contributed by atoms with Gasteiger partial charge in [-0.25, -0.2) is 12.8 Å². The van der Waals surface area contributed by atoms with Crippen molar-refractivity contribution in [2.24, 2.45) is 0 Å². The number of anilines is 1. The summed E-state index contributed by atoms with van der Waals surface area (Å²) < 4.78 is 48.4. The van der Waals surface area contributed by atoms with Crippen LogP contribution in [0.3, 0.4) is 0 Å². The Labute approximate surface area is 243 Å². The van der Waals surface area contributed by atoms with Gasteiger partial charge in [0, 0.05) is 17.6 Å². The van der Waals surface area contributed by atoms with Crippen molar-refractivity contribution < 1.29 is 27.1 Å². The van der Waals surface area contributed by atoms with E-state index in [1.54, 1.807) is 19.1 Å². The Hall–Kier alpha value is -3.44. The Balaban J connectivity index is 2.02. The third kappa shape index (κ3) is 8.04. The van der Waals surface area contributed by atoms with Crippen LogP contribution < -0.4 is 14.4 Å². The van der Waals surface area contributed by atoms with Crippen LogP contribution in [-0.2, 0) is 26.2 Å². The number of hydrogen-bond acceptors (Lipinski definition) is 5. The van der Waals surface area contributed by atoms with Crippen molar-refractivity contribution in [3.05, 3.63) is 88.6 Å². The highest BCUT2D eigenvalue weighted by Crippen LogP contribution is 2.27. The van der Waals surface area contributed by atoms with Crippen molar-refractivity contribution in [1.82, 2.24) is 10.2 Å². The van der Waals surface area contributed by atoms with Crippen molar-refractivity contribution in [2.45, 2.75) is 44.7 Å². The summed E-state index contributed by atoms with van der Waals surface area (Å²) in [5.74, 6) is -0.984. The second-order valence-electron chi connectivity index (χ2n) is 9.01. The van der Waals surface area contributed by atoms with E-state index in [0.717, 1.165) is 45.0 Å². The van der Waals surface area contributed by atoms with E-state index in [-0.39, 0.29) is 23.0 Å². The molecule has 3 aromatic carbocycles. The number of nitrogens with one attached hydrogen (secondary N) is 1. The van der Waals surface area contributed by atoms with E-state index in [0.29, 0.717) is 18.9 Å². The van der Waals surface area contributed by atoms with Crippen LogP contribution in [0.15, 0.2) is 82.2 Å². The number of ether oxygens (including phenoxy) is 1. The number of carbonyl (C=O) groups is 2. The first kappa shape index (κ1) is 31.1. The van der Waals surface area contributed by atoms with Gasteiger partial charge >= 0.3 is 0 Å². The number of benzene rings is 3. The molecule has 2 amide bonds. The van der Waals surface area contributed by atoms with Crippen molar-refractivity contribution in [1.29, 1.82) is 0 Å². The molecule has 0 bridgehead atoms. The zero-order valence-corrected chi connectivity index (χ0v) is 25.0. The number of hydrogen-bond donors (Lipinski definition) is 1. The minimum Gasteiger partial charge on any atom is -0.494 e. The maximum atomic E-state index is 13.9. The molecule has 0 aliphatic carbocycles. The third-order valence-corrected chi connectivity index (χ3v) is 8.36. The highest BCUT2D eigenvalue weighted by Gasteiger charge is 2.32. The molecule has 0 radical (unpaired) electrons. The maximum absolute atomic E-state index is 13.9. The van der Waals surface area contributed by atoms with Gasteiger partial charge in [-0.1, -0.05) is 35.0 Å². The van der Waals surface area contributed by atoms with Crippen LogP contribution in [0.5, 0.6) is 5.75 Å². The third-order valence-electron chi connectivity index (χ3n) is 6.07. The lowest BCUT2D eigenvalue weighted by Crippen LogP contribution is -2.51. The summed E-state index contributed by atoms with van der Waals surface area (Å²) in [5.41, 5.74) is 0.971. The quantitative estimate of drug-likeness (QED) is 0.282. The SMILES string of the molecule is CCCNC(=O)C(C)N(Cc1cccc(Br)c1)C(=O)CN(c1ccc(OCC)cc1)S(=O)(=O)c1ccc(F)cc1. The van der Waals surface area contributed by atoms with Crippen LogP contribution >= 0.6 is 15.9 Å².